The Balaban J connectivity index is 1.51. The van der Waals surface area contributed by atoms with Crippen molar-refractivity contribution >= 4 is 34.5 Å². The summed E-state index contributed by atoms with van der Waals surface area (Å²) in [7, 11) is 0. The lowest BCUT2D eigenvalue weighted by molar-refractivity contribution is 0.222. The lowest BCUT2D eigenvalue weighted by atomic mass is 10.1. The number of rotatable bonds is 4. The van der Waals surface area contributed by atoms with Gasteiger partial charge in [-0.2, -0.15) is 0 Å². The van der Waals surface area contributed by atoms with Crippen LogP contribution in [0.1, 0.15) is 31.5 Å². The third-order valence-electron chi connectivity index (χ3n) is 4.92. The van der Waals surface area contributed by atoms with Gasteiger partial charge >= 0.3 is 6.03 Å². The Morgan fingerprint density at radius 3 is 2.89 bits per heavy atom. The van der Waals surface area contributed by atoms with Crippen LogP contribution in [0.15, 0.2) is 42.6 Å². The highest BCUT2D eigenvalue weighted by atomic mass is 35.5. The molecule has 1 saturated heterocycles. The van der Waals surface area contributed by atoms with Gasteiger partial charge in [0, 0.05) is 42.5 Å². The van der Waals surface area contributed by atoms with Crippen molar-refractivity contribution in [3.05, 3.63) is 53.4 Å². The molecule has 0 unspecified atom stereocenters. The average molecular weight is 384 g/mol. The van der Waals surface area contributed by atoms with Crippen LogP contribution in [0.3, 0.4) is 0 Å². The molecule has 1 N–H and O–H groups in total. The fourth-order valence-corrected chi connectivity index (χ4v) is 3.75. The molecular weight excluding hydrogens is 362 g/mol. The zero-order valence-electron chi connectivity index (χ0n) is 15.2. The number of amides is 2. The number of hydrogen-bond donors (Lipinski definition) is 1. The van der Waals surface area contributed by atoms with Gasteiger partial charge in [-0.05, 0) is 49.2 Å². The van der Waals surface area contributed by atoms with Gasteiger partial charge in [-0.25, -0.2) is 14.8 Å². The summed E-state index contributed by atoms with van der Waals surface area (Å²) in [5.41, 5.74) is 2.60. The molecule has 1 aliphatic heterocycles. The van der Waals surface area contributed by atoms with Gasteiger partial charge in [-0.1, -0.05) is 18.5 Å². The van der Waals surface area contributed by atoms with E-state index < -0.39 is 0 Å². The normalized spacial score (nSPS) is 16.8. The summed E-state index contributed by atoms with van der Waals surface area (Å²) < 4.78 is 2.21. The second-order valence-electron chi connectivity index (χ2n) is 6.84. The molecule has 4 rings (SSSR count). The molecule has 0 bridgehead atoms. The van der Waals surface area contributed by atoms with E-state index in [2.05, 4.69) is 21.8 Å². The first-order valence-electron chi connectivity index (χ1n) is 9.28. The highest BCUT2D eigenvalue weighted by Gasteiger charge is 2.31. The maximum Gasteiger partial charge on any atom is 0.321 e. The number of aryl methyl sites for hydroxylation is 1. The topological polar surface area (TPSA) is 63.1 Å². The summed E-state index contributed by atoms with van der Waals surface area (Å²) in [6, 6.07) is 11.0. The minimum Gasteiger partial charge on any atom is -0.324 e. The van der Waals surface area contributed by atoms with Crippen LogP contribution < -0.4 is 5.32 Å². The fourth-order valence-electron chi connectivity index (χ4n) is 3.62. The van der Waals surface area contributed by atoms with Crippen LogP contribution in [-0.4, -0.2) is 38.6 Å². The van der Waals surface area contributed by atoms with Gasteiger partial charge < -0.3 is 14.8 Å². The Bertz CT molecular complexity index is 953. The predicted molar refractivity (Wildman–Crippen MR) is 107 cm³/mol. The van der Waals surface area contributed by atoms with Crippen LogP contribution in [0, 0.1) is 0 Å². The maximum absolute atomic E-state index is 12.6. The van der Waals surface area contributed by atoms with Crippen molar-refractivity contribution < 1.29 is 4.79 Å². The molecule has 0 radical (unpaired) electrons. The number of urea groups is 1. The number of imidazole rings is 1. The first-order chi connectivity index (χ1) is 13.2. The van der Waals surface area contributed by atoms with E-state index in [0.29, 0.717) is 18.1 Å². The molecule has 3 heterocycles. The van der Waals surface area contributed by atoms with Gasteiger partial charge in [0.05, 0.1) is 0 Å². The summed E-state index contributed by atoms with van der Waals surface area (Å²) >= 11 is 5.90. The molecule has 1 fully saturated rings. The molecule has 1 atom stereocenters. The number of fused-ring (bicyclic) bond motifs is 1. The number of likely N-dealkylation sites (tertiary alicyclic amines) is 1. The van der Waals surface area contributed by atoms with Crippen molar-refractivity contribution in [2.45, 2.75) is 32.2 Å². The van der Waals surface area contributed by atoms with Crippen molar-refractivity contribution in [1.82, 2.24) is 19.4 Å². The highest BCUT2D eigenvalue weighted by molar-refractivity contribution is 6.30. The molecule has 140 valence electrons. The molecule has 0 saturated carbocycles. The first-order valence-corrected chi connectivity index (χ1v) is 9.66. The third-order valence-corrected chi connectivity index (χ3v) is 5.17. The van der Waals surface area contributed by atoms with Crippen molar-refractivity contribution in [3.63, 3.8) is 0 Å². The minimum atomic E-state index is -0.0869. The smallest absolute Gasteiger partial charge is 0.321 e. The number of aromatic nitrogens is 3. The van der Waals surface area contributed by atoms with Crippen LogP contribution >= 0.6 is 11.6 Å². The number of carbonyl (C=O) groups is 1. The lowest BCUT2D eigenvalue weighted by Gasteiger charge is -2.18. The monoisotopic (exact) mass is 383 g/mol. The third kappa shape index (κ3) is 3.62. The molecule has 27 heavy (non-hydrogen) atoms. The Morgan fingerprint density at radius 1 is 1.30 bits per heavy atom. The predicted octanol–water partition coefficient (Wildman–Crippen LogP) is 4.52. The second kappa shape index (κ2) is 7.56. The number of halogens is 1. The van der Waals surface area contributed by atoms with Crippen LogP contribution in [0.4, 0.5) is 10.5 Å². The Hall–Kier alpha value is -2.60. The van der Waals surface area contributed by atoms with E-state index in [1.165, 1.54) is 0 Å². The first kappa shape index (κ1) is 17.8. The molecule has 3 aromatic rings. The maximum atomic E-state index is 12.6. The zero-order valence-corrected chi connectivity index (χ0v) is 16.0. The Morgan fingerprint density at radius 2 is 2.11 bits per heavy atom. The van der Waals surface area contributed by atoms with Crippen LogP contribution in [0.5, 0.6) is 0 Å². The van der Waals surface area contributed by atoms with E-state index in [0.717, 1.165) is 42.1 Å². The number of benzene rings is 1. The van der Waals surface area contributed by atoms with E-state index in [9.17, 15) is 4.79 Å². The second-order valence-corrected chi connectivity index (χ2v) is 7.27. The highest BCUT2D eigenvalue weighted by Crippen LogP contribution is 2.29. The van der Waals surface area contributed by atoms with Crippen molar-refractivity contribution in [2.75, 3.05) is 18.4 Å². The number of pyridine rings is 1. The van der Waals surface area contributed by atoms with Crippen LogP contribution in [-0.2, 0) is 6.54 Å². The van der Waals surface area contributed by atoms with Gasteiger partial charge in [-0.15, -0.1) is 0 Å². The van der Waals surface area contributed by atoms with E-state index in [4.69, 9.17) is 16.6 Å². The largest absolute Gasteiger partial charge is 0.324 e. The van der Waals surface area contributed by atoms with Gasteiger partial charge in [0.15, 0.2) is 5.65 Å². The molecule has 2 amide bonds. The minimum absolute atomic E-state index is 0.0869. The van der Waals surface area contributed by atoms with E-state index in [1.807, 2.05) is 17.0 Å². The molecule has 0 aliphatic carbocycles. The Kier molecular flexibility index (Phi) is 4.99. The summed E-state index contributed by atoms with van der Waals surface area (Å²) in [5, 5.41) is 3.59. The zero-order chi connectivity index (χ0) is 18.8. The quantitative estimate of drug-likeness (QED) is 0.720. The molecule has 2 aromatic heterocycles. The number of carbonyl (C=O) groups excluding carboxylic acids is 1. The average Bonchev–Trinajstić information content (AvgIpc) is 3.29. The molecule has 0 spiro atoms. The van der Waals surface area contributed by atoms with Crippen LogP contribution in [0.2, 0.25) is 5.02 Å². The standard InChI is InChI=1S/C20H22ClN5O/c1-2-11-26-18(24-17-4-3-10-22-19(17)26)14-9-12-25(13-14)20(27)23-16-7-5-15(21)6-8-16/h3-8,10,14H,2,9,11-13H2,1H3,(H,23,27)/t14-/m1/s1. The number of nitrogens with one attached hydrogen (secondary N) is 1. The van der Waals surface area contributed by atoms with Crippen molar-refractivity contribution in [2.24, 2.45) is 0 Å². The summed E-state index contributed by atoms with van der Waals surface area (Å²) in [5.74, 6) is 1.26. The molecule has 1 aliphatic rings. The van der Waals surface area contributed by atoms with E-state index >= 15 is 0 Å². The van der Waals surface area contributed by atoms with Crippen LogP contribution in [0.25, 0.3) is 11.2 Å². The van der Waals surface area contributed by atoms with E-state index in [1.54, 1.807) is 30.5 Å². The molecular formula is C20H22ClN5O. The number of anilines is 1. The molecule has 6 nitrogen and oxygen atoms in total. The SMILES string of the molecule is CCCn1c([C@@H]2CCN(C(=O)Nc3ccc(Cl)cc3)C2)nc2cccnc21. The Labute approximate surface area is 163 Å². The number of hydrogen-bond acceptors (Lipinski definition) is 3. The van der Waals surface area contributed by atoms with Crippen molar-refractivity contribution in [3.8, 4) is 0 Å². The van der Waals surface area contributed by atoms with Gasteiger partial charge in [0.2, 0.25) is 0 Å². The van der Waals surface area contributed by atoms with Gasteiger partial charge in [0.25, 0.3) is 0 Å². The number of nitrogens with zero attached hydrogens (tertiary/aromatic N) is 4. The fraction of sp³-hybridized carbons (Fsp3) is 0.350. The van der Waals surface area contributed by atoms with Gasteiger partial charge in [0.1, 0.15) is 11.3 Å². The molecule has 1 aromatic carbocycles. The van der Waals surface area contributed by atoms with Crippen molar-refractivity contribution in [1.29, 1.82) is 0 Å². The summed E-state index contributed by atoms with van der Waals surface area (Å²) in [6.07, 6.45) is 3.73. The lowest BCUT2D eigenvalue weighted by Crippen LogP contribution is -2.33. The summed E-state index contributed by atoms with van der Waals surface area (Å²) in [6.45, 7) is 4.41. The van der Waals surface area contributed by atoms with Gasteiger partial charge in [-0.3, -0.25) is 0 Å². The van der Waals surface area contributed by atoms with E-state index in [-0.39, 0.29) is 11.9 Å². The molecule has 7 heteroatoms. The summed E-state index contributed by atoms with van der Waals surface area (Å²) in [4.78, 5) is 23.8.